The number of amides is 1. The minimum absolute atomic E-state index is 0.0450. The Hall–Kier alpha value is -2.10. The first-order valence-electron chi connectivity index (χ1n) is 6.45. The maximum Gasteiger partial charge on any atom is 0.217 e. The van der Waals surface area contributed by atoms with Gasteiger partial charge in [0.25, 0.3) is 0 Å². The molecule has 0 aliphatic heterocycles. The number of rotatable bonds is 4. The van der Waals surface area contributed by atoms with Gasteiger partial charge in [-0.15, -0.1) is 0 Å². The Morgan fingerprint density at radius 1 is 1.26 bits per heavy atom. The van der Waals surface area contributed by atoms with Crippen molar-refractivity contribution < 1.29 is 4.79 Å². The van der Waals surface area contributed by atoms with Crippen molar-refractivity contribution in [3.05, 3.63) is 42.4 Å². The molecule has 100 valence electrons. The molecule has 1 amide bonds. The molecule has 2 N–H and O–H groups in total. The second kappa shape index (κ2) is 5.69. The van der Waals surface area contributed by atoms with Gasteiger partial charge in [-0.1, -0.05) is 44.2 Å². The molecule has 2 aromatic rings. The molecule has 0 radical (unpaired) electrons. The van der Waals surface area contributed by atoms with Gasteiger partial charge in [-0.3, -0.25) is 4.79 Å². The number of H-pyrrole nitrogens is 1. The van der Waals surface area contributed by atoms with E-state index < -0.39 is 0 Å². The van der Waals surface area contributed by atoms with Crippen LogP contribution in [0.15, 0.2) is 36.5 Å². The number of hydrogen-bond donors (Lipinski definition) is 2. The van der Waals surface area contributed by atoms with Crippen molar-refractivity contribution in [2.24, 2.45) is 5.92 Å². The number of nitrogens with zero attached hydrogens (tertiary/aromatic N) is 1. The first kappa shape index (κ1) is 13.3. The van der Waals surface area contributed by atoms with Gasteiger partial charge in [-0.25, -0.2) is 4.98 Å². The maximum atomic E-state index is 11.3. The van der Waals surface area contributed by atoms with Gasteiger partial charge in [0, 0.05) is 6.92 Å². The summed E-state index contributed by atoms with van der Waals surface area (Å²) in [6, 6.07) is 9.93. The van der Waals surface area contributed by atoms with Gasteiger partial charge < -0.3 is 10.3 Å². The number of hydrogen-bond acceptors (Lipinski definition) is 2. The summed E-state index contributed by atoms with van der Waals surface area (Å²) >= 11 is 0. The Kier molecular flexibility index (Phi) is 4.00. The molecule has 1 heterocycles. The minimum atomic E-state index is -0.0880. The highest BCUT2D eigenvalue weighted by molar-refractivity contribution is 5.73. The second-order valence-corrected chi connectivity index (χ2v) is 4.97. The van der Waals surface area contributed by atoms with E-state index in [1.807, 2.05) is 36.5 Å². The molecular weight excluding hydrogens is 238 g/mol. The zero-order chi connectivity index (χ0) is 13.8. The molecule has 1 aromatic heterocycles. The topological polar surface area (TPSA) is 57.8 Å². The number of carbonyl (C=O) groups excluding carboxylic acids is 1. The van der Waals surface area contributed by atoms with E-state index in [2.05, 4.69) is 29.1 Å². The Balaban J connectivity index is 2.26. The number of nitrogens with one attached hydrogen (secondary N) is 2. The number of imidazole rings is 1. The number of benzene rings is 1. The molecule has 4 nitrogen and oxygen atoms in total. The average Bonchev–Trinajstić information content (AvgIpc) is 2.86. The zero-order valence-electron chi connectivity index (χ0n) is 11.5. The summed E-state index contributed by atoms with van der Waals surface area (Å²) in [7, 11) is 0. The number of aromatic amines is 1. The van der Waals surface area contributed by atoms with Gasteiger partial charge in [0.05, 0.1) is 17.9 Å². The monoisotopic (exact) mass is 257 g/mol. The summed E-state index contributed by atoms with van der Waals surface area (Å²) in [4.78, 5) is 18.9. The molecule has 0 aliphatic carbocycles. The molecule has 0 bridgehead atoms. The van der Waals surface area contributed by atoms with Gasteiger partial charge in [0.1, 0.15) is 5.82 Å². The molecule has 19 heavy (non-hydrogen) atoms. The van der Waals surface area contributed by atoms with Crippen LogP contribution >= 0.6 is 0 Å². The Labute approximate surface area is 113 Å². The fourth-order valence-corrected chi connectivity index (χ4v) is 2.03. The van der Waals surface area contributed by atoms with Crippen LogP contribution in [0, 0.1) is 5.92 Å². The molecular formula is C15H19N3O. The lowest BCUT2D eigenvalue weighted by atomic mass is 10.0. The van der Waals surface area contributed by atoms with Crippen molar-refractivity contribution in [1.82, 2.24) is 15.3 Å². The Bertz CT molecular complexity index is 546. The quantitative estimate of drug-likeness (QED) is 0.884. The second-order valence-electron chi connectivity index (χ2n) is 4.97. The maximum absolute atomic E-state index is 11.3. The first-order valence-corrected chi connectivity index (χ1v) is 6.45. The normalized spacial score (nSPS) is 12.4. The average molecular weight is 257 g/mol. The highest BCUT2D eigenvalue weighted by Crippen LogP contribution is 2.23. The van der Waals surface area contributed by atoms with E-state index in [0.29, 0.717) is 0 Å². The third-order valence-electron chi connectivity index (χ3n) is 3.00. The minimum Gasteiger partial charge on any atom is -0.346 e. The van der Waals surface area contributed by atoms with E-state index in [-0.39, 0.29) is 17.9 Å². The molecule has 0 aliphatic rings. The van der Waals surface area contributed by atoms with Crippen LogP contribution in [0.4, 0.5) is 0 Å². The van der Waals surface area contributed by atoms with E-state index in [9.17, 15) is 4.79 Å². The zero-order valence-corrected chi connectivity index (χ0v) is 11.5. The summed E-state index contributed by atoms with van der Waals surface area (Å²) in [5.41, 5.74) is 2.05. The molecule has 1 atom stereocenters. The molecule has 4 heteroatoms. The molecule has 0 fully saturated rings. The lowest BCUT2D eigenvalue weighted by Crippen LogP contribution is -2.30. The van der Waals surface area contributed by atoms with Gasteiger partial charge in [-0.2, -0.15) is 0 Å². The first-order chi connectivity index (χ1) is 9.08. The van der Waals surface area contributed by atoms with Crippen LogP contribution in [0.3, 0.4) is 0 Å². The third-order valence-corrected chi connectivity index (χ3v) is 3.00. The van der Waals surface area contributed by atoms with Crippen LogP contribution in [0.25, 0.3) is 11.3 Å². The standard InChI is InChI=1S/C15H19N3O/c1-10(2)14(17-11(3)19)15-16-9-13(18-15)12-7-5-4-6-8-12/h4-10,14H,1-3H3,(H,16,18)(H,17,19)/t14-/m0/s1. The van der Waals surface area contributed by atoms with E-state index in [1.54, 1.807) is 0 Å². The highest BCUT2D eigenvalue weighted by atomic mass is 16.1. The fraction of sp³-hybridized carbons (Fsp3) is 0.333. The molecule has 0 unspecified atom stereocenters. The van der Waals surface area contributed by atoms with E-state index in [4.69, 9.17) is 0 Å². The van der Waals surface area contributed by atoms with E-state index in [0.717, 1.165) is 17.1 Å². The van der Waals surface area contributed by atoms with Gasteiger partial charge in [-0.05, 0) is 11.5 Å². The Morgan fingerprint density at radius 3 is 2.53 bits per heavy atom. The SMILES string of the molecule is CC(=O)N[C@H](c1ncc(-c2ccccc2)[nH]1)C(C)C. The van der Waals surface area contributed by atoms with Crippen molar-refractivity contribution >= 4 is 5.91 Å². The largest absolute Gasteiger partial charge is 0.346 e. The van der Waals surface area contributed by atoms with Crippen molar-refractivity contribution in [2.45, 2.75) is 26.8 Å². The summed E-state index contributed by atoms with van der Waals surface area (Å²) in [6.07, 6.45) is 1.81. The van der Waals surface area contributed by atoms with Crippen molar-refractivity contribution in [3.8, 4) is 11.3 Å². The fourth-order valence-electron chi connectivity index (χ4n) is 2.03. The van der Waals surface area contributed by atoms with Crippen molar-refractivity contribution in [1.29, 1.82) is 0 Å². The Morgan fingerprint density at radius 2 is 1.95 bits per heavy atom. The lowest BCUT2D eigenvalue weighted by molar-refractivity contribution is -0.120. The predicted octanol–water partition coefficient (Wildman–Crippen LogP) is 2.91. The summed E-state index contributed by atoms with van der Waals surface area (Å²) < 4.78 is 0. The van der Waals surface area contributed by atoms with Gasteiger partial charge in [0.15, 0.2) is 0 Å². The number of carbonyl (C=O) groups is 1. The van der Waals surface area contributed by atoms with E-state index >= 15 is 0 Å². The third kappa shape index (κ3) is 3.22. The van der Waals surface area contributed by atoms with Crippen LogP contribution in [0.5, 0.6) is 0 Å². The van der Waals surface area contributed by atoms with Gasteiger partial charge in [0.2, 0.25) is 5.91 Å². The van der Waals surface area contributed by atoms with Crippen LogP contribution in [0.1, 0.15) is 32.6 Å². The molecule has 0 spiro atoms. The highest BCUT2D eigenvalue weighted by Gasteiger charge is 2.20. The van der Waals surface area contributed by atoms with Crippen LogP contribution in [-0.2, 0) is 4.79 Å². The molecule has 0 saturated carbocycles. The van der Waals surface area contributed by atoms with Gasteiger partial charge >= 0.3 is 0 Å². The summed E-state index contributed by atoms with van der Waals surface area (Å²) in [6.45, 7) is 5.65. The van der Waals surface area contributed by atoms with Crippen molar-refractivity contribution in [2.75, 3.05) is 0 Å². The molecule has 1 aromatic carbocycles. The van der Waals surface area contributed by atoms with E-state index in [1.165, 1.54) is 6.92 Å². The summed E-state index contributed by atoms with van der Waals surface area (Å²) in [5.74, 6) is 1.03. The smallest absolute Gasteiger partial charge is 0.217 e. The van der Waals surface area contributed by atoms with Crippen LogP contribution < -0.4 is 5.32 Å². The predicted molar refractivity (Wildman–Crippen MR) is 75.4 cm³/mol. The molecule has 2 rings (SSSR count). The summed E-state index contributed by atoms with van der Waals surface area (Å²) in [5, 5.41) is 2.93. The van der Waals surface area contributed by atoms with Crippen LogP contribution in [0.2, 0.25) is 0 Å². The van der Waals surface area contributed by atoms with Crippen LogP contribution in [-0.4, -0.2) is 15.9 Å². The number of aromatic nitrogens is 2. The van der Waals surface area contributed by atoms with Crippen molar-refractivity contribution in [3.63, 3.8) is 0 Å². The lowest BCUT2D eigenvalue weighted by Gasteiger charge is -2.19. The molecule has 0 saturated heterocycles.